The molecule has 0 aliphatic heterocycles. The minimum absolute atomic E-state index is 0.0707. The number of benzene rings is 1. The van der Waals surface area contributed by atoms with Gasteiger partial charge in [0, 0.05) is 17.2 Å². The minimum atomic E-state index is -2.06. The van der Waals surface area contributed by atoms with Crippen LogP contribution in [0.4, 0.5) is 22.7 Å². The van der Waals surface area contributed by atoms with E-state index < -0.39 is 34.7 Å². The van der Waals surface area contributed by atoms with Crippen molar-refractivity contribution in [3.63, 3.8) is 0 Å². The second kappa shape index (κ2) is 8.07. The quantitative estimate of drug-likeness (QED) is 0.361. The Morgan fingerprint density at radius 2 is 1.86 bits per heavy atom. The minimum Gasteiger partial charge on any atom is -0.351 e. The Morgan fingerprint density at radius 1 is 1.11 bits per heavy atom. The summed E-state index contributed by atoms with van der Waals surface area (Å²) in [5.41, 5.74) is -0.446. The molecule has 146 valence electrons. The number of nitrogens with one attached hydrogen (secondary N) is 2. The van der Waals surface area contributed by atoms with Crippen molar-refractivity contribution in [3.8, 4) is 10.6 Å². The Morgan fingerprint density at radius 3 is 2.57 bits per heavy atom. The number of hydrogen-bond donors (Lipinski definition) is 2. The number of nitrogens with zero attached hydrogens (tertiary/aromatic N) is 1. The lowest BCUT2D eigenvalue weighted by molar-refractivity contribution is -0.119. The summed E-state index contributed by atoms with van der Waals surface area (Å²) in [4.78, 5) is 28.9. The number of thiazole rings is 1. The lowest BCUT2D eigenvalue weighted by Crippen LogP contribution is -2.17. The van der Waals surface area contributed by atoms with Gasteiger partial charge in [-0.15, -0.1) is 22.7 Å². The van der Waals surface area contributed by atoms with Crippen molar-refractivity contribution in [2.45, 2.75) is 13.5 Å². The van der Waals surface area contributed by atoms with Crippen LogP contribution in [0, 0.1) is 23.3 Å². The molecule has 2 heterocycles. The Hall–Kier alpha value is -2.79. The first kappa shape index (κ1) is 20.0. The van der Waals surface area contributed by atoms with Crippen LogP contribution in [0.1, 0.15) is 22.2 Å². The molecule has 11 heteroatoms. The van der Waals surface area contributed by atoms with Crippen molar-refractivity contribution in [2.75, 3.05) is 5.32 Å². The molecule has 2 aromatic heterocycles. The van der Waals surface area contributed by atoms with E-state index in [0.717, 1.165) is 21.1 Å². The molecule has 0 unspecified atom stereocenters. The fraction of sp³-hybridized carbons (Fsp3) is 0.118. The van der Waals surface area contributed by atoms with E-state index in [2.05, 4.69) is 15.6 Å². The zero-order valence-electron chi connectivity index (χ0n) is 14.1. The topological polar surface area (TPSA) is 71.1 Å². The molecule has 0 spiro atoms. The van der Waals surface area contributed by atoms with Crippen molar-refractivity contribution >= 4 is 39.6 Å². The predicted molar refractivity (Wildman–Crippen MR) is 97.2 cm³/mol. The molecule has 2 N–H and O–H groups in total. The second-order valence-corrected chi connectivity index (χ2v) is 7.54. The molecule has 0 aliphatic rings. The van der Waals surface area contributed by atoms with Gasteiger partial charge in [-0.05, 0) is 18.2 Å². The Labute approximate surface area is 164 Å². The number of anilines is 1. The molecular weight excluding hydrogens is 418 g/mol. The molecule has 0 bridgehead atoms. The smallest absolute Gasteiger partial charge is 0.260 e. The van der Waals surface area contributed by atoms with Crippen molar-refractivity contribution in [1.82, 2.24) is 10.3 Å². The summed E-state index contributed by atoms with van der Waals surface area (Å²) in [6.45, 7) is 1.78. The van der Waals surface area contributed by atoms with E-state index in [1.807, 2.05) is 6.07 Å². The van der Waals surface area contributed by atoms with Crippen molar-refractivity contribution in [2.24, 2.45) is 0 Å². The monoisotopic (exact) mass is 429 g/mol. The molecule has 3 rings (SSSR count). The Kier molecular flexibility index (Phi) is 5.75. The fourth-order valence-corrected chi connectivity index (χ4v) is 3.86. The molecule has 2 amide bonds. The third-order valence-electron chi connectivity index (χ3n) is 3.50. The van der Waals surface area contributed by atoms with Crippen LogP contribution in [-0.2, 0) is 11.3 Å². The number of halogens is 4. The van der Waals surface area contributed by atoms with Crippen molar-refractivity contribution in [3.05, 3.63) is 57.3 Å². The van der Waals surface area contributed by atoms with Gasteiger partial charge in [0.25, 0.3) is 5.91 Å². The SMILES string of the molecule is CC(=O)NCc1ccc(-c2csc(NC(=O)c3cc(F)c(F)c(F)c3F)n2)s1. The lowest BCUT2D eigenvalue weighted by Gasteiger charge is -2.05. The number of aromatic nitrogens is 1. The molecule has 0 atom stereocenters. The van der Waals surface area contributed by atoms with Crippen LogP contribution in [0.25, 0.3) is 10.6 Å². The largest absolute Gasteiger partial charge is 0.351 e. The molecule has 0 radical (unpaired) electrons. The van der Waals surface area contributed by atoms with Gasteiger partial charge in [0.2, 0.25) is 5.91 Å². The van der Waals surface area contributed by atoms with Gasteiger partial charge >= 0.3 is 0 Å². The van der Waals surface area contributed by atoms with Crippen LogP contribution in [-0.4, -0.2) is 16.8 Å². The van der Waals surface area contributed by atoms with Gasteiger partial charge in [0.05, 0.1) is 22.7 Å². The highest BCUT2D eigenvalue weighted by Gasteiger charge is 2.23. The molecular formula is C17H11F4N3O2S2. The number of hydrogen-bond acceptors (Lipinski definition) is 5. The van der Waals surface area contributed by atoms with Gasteiger partial charge in [-0.2, -0.15) is 0 Å². The van der Waals surface area contributed by atoms with Crippen molar-refractivity contribution < 1.29 is 27.2 Å². The predicted octanol–water partition coefficient (Wildman–Crippen LogP) is 4.32. The normalized spacial score (nSPS) is 10.8. The average Bonchev–Trinajstić information content (AvgIpc) is 3.30. The highest BCUT2D eigenvalue weighted by Crippen LogP contribution is 2.31. The molecule has 28 heavy (non-hydrogen) atoms. The first-order valence-electron chi connectivity index (χ1n) is 7.69. The highest BCUT2D eigenvalue weighted by molar-refractivity contribution is 7.17. The zero-order valence-corrected chi connectivity index (χ0v) is 15.7. The van der Waals surface area contributed by atoms with Crippen molar-refractivity contribution in [1.29, 1.82) is 0 Å². The molecule has 0 fully saturated rings. The van der Waals surface area contributed by atoms with Gasteiger partial charge in [-0.25, -0.2) is 22.5 Å². The summed E-state index contributed by atoms with van der Waals surface area (Å²) in [5, 5.41) is 6.60. The molecule has 1 aromatic carbocycles. The average molecular weight is 429 g/mol. The van der Waals surface area contributed by atoms with Crippen LogP contribution in [0.3, 0.4) is 0 Å². The number of amides is 2. The highest BCUT2D eigenvalue weighted by atomic mass is 32.1. The molecule has 0 aliphatic carbocycles. The van der Waals surface area contributed by atoms with Crippen LogP contribution in [0.2, 0.25) is 0 Å². The number of rotatable bonds is 5. The zero-order chi connectivity index (χ0) is 20.4. The molecule has 3 aromatic rings. The molecule has 0 saturated carbocycles. The molecule has 0 saturated heterocycles. The van der Waals surface area contributed by atoms with E-state index in [1.165, 1.54) is 18.3 Å². The van der Waals surface area contributed by atoms with Crippen LogP contribution in [0.5, 0.6) is 0 Å². The van der Waals surface area contributed by atoms with E-state index in [-0.39, 0.29) is 17.1 Å². The maximum absolute atomic E-state index is 13.7. The van der Waals surface area contributed by atoms with Gasteiger partial charge in [0.15, 0.2) is 28.4 Å². The van der Waals surface area contributed by atoms with E-state index in [1.54, 1.807) is 11.4 Å². The number of carbonyl (C=O) groups excluding carboxylic acids is 2. The van der Waals surface area contributed by atoms with Crippen LogP contribution >= 0.6 is 22.7 Å². The Bertz CT molecular complexity index is 1060. The summed E-state index contributed by atoms with van der Waals surface area (Å²) < 4.78 is 53.3. The maximum atomic E-state index is 13.7. The van der Waals surface area contributed by atoms with Gasteiger partial charge in [0.1, 0.15) is 0 Å². The third kappa shape index (κ3) is 4.20. The summed E-state index contributed by atoms with van der Waals surface area (Å²) >= 11 is 2.40. The molecule has 5 nitrogen and oxygen atoms in total. The lowest BCUT2D eigenvalue weighted by atomic mass is 10.1. The summed E-state index contributed by atoms with van der Waals surface area (Å²) in [6, 6.07) is 3.88. The van der Waals surface area contributed by atoms with E-state index in [0.29, 0.717) is 12.2 Å². The van der Waals surface area contributed by atoms with Gasteiger partial charge < -0.3 is 5.32 Å². The van der Waals surface area contributed by atoms with E-state index in [4.69, 9.17) is 0 Å². The van der Waals surface area contributed by atoms with Crippen LogP contribution < -0.4 is 10.6 Å². The summed E-state index contributed by atoms with van der Waals surface area (Å²) in [5.74, 6) is -8.82. The first-order valence-corrected chi connectivity index (χ1v) is 9.39. The van der Waals surface area contributed by atoms with Crippen LogP contribution in [0.15, 0.2) is 23.6 Å². The van der Waals surface area contributed by atoms with Gasteiger partial charge in [-0.3, -0.25) is 14.9 Å². The van der Waals surface area contributed by atoms with E-state index in [9.17, 15) is 27.2 Å². The number of carbonyl (C=O) groups is 2. The first-order chi connectivity index (χ1) is 13.3. The second-order valence-electron chi connectivity index (χ2n) is 5.52. The van der Waals surface area contributed by atoms with Gasteiger partial charge in [-0.1, -0.05) is 0 Å². The maximum Gasteiger partial charge on any atom is 0.260 e. The standard InChI is InChI=1S/C17H11F4N3O2S2/c1-7(25)22-5-8-2-3-12(28-8)11-6-27-17(23-11)24-16(26)9-4-10(18)14(20)15(21)13(9)19/h2-4,6H,5H2,1H3,(H,22,25)(H,23,24,26). The summed E-state index contributed by atoms with van der Waals surface area (Å²) in [6.07, 6.45) is 0. The third-order valence-corrected chi connectivity index (χ3v) is 5.36. The summed E-state index contributed by atoms with van der Waals surface area (Å²) in [7, 11) is 0. The Balaban J connectivity index is 1.75. The fourth-order valence-electron chi connectivity index (χ4n) is 2.17. The van der Waals surface area contributed by atoms with E-state index >= 15 is 0 Å². The number of thiophene rings is 1.